The molecular weight excluding hydrogens is 255 g/mol. The summed E-state index contributed by atoms with van der Waals surface area (Å²) in [6.45, 7) is 0. The van der Waals surface area contributed by atoms with Gasteiger partial charge in [0.15, 0.2) is 0 Å². The molecule has 20 heavy (non-hydrogen) atoms. The highest BCUT2D eigenvalue weighted by molar-refractivity contribution is 6.04. The summed E-state index contributed by atoms with van der Waals surface area (Å²) in [6.07, 6.45) is 3.14. The van der Waals surface area contributed by atoms with Crippen molar-refractivity contribution in [3.05, 3.63) is 54.7 Å². The monoisotopic (exact) mass is 264 g/mol. The van der Waals surface area contributed by atoms with Crippen molar-refractivity contribution in [1.82, 2.24) is 19.9 Å². The number of aromatic nitrogens is 4. The van der Waals surface area contributed by atoms with Crippen LogP contribution < -0.4 is 0 Å². The first kappa shape index (κ1) is 11.0. The molecule has 4 heterocycles. The average molecular weight is 264 g/mol. The molecule has 0 unspecified atom stereocenters. The van der Waals surface area contributed by atoms with Gasteiger partial charge in [0.05, 0.1) is 11.3 Å². The Morgan fingerprint density at radius 3 is 2.55 bits per heavy atom. The molecule has 0 aliphatic rings. The van der Waals surface area contributed by atoms with Crippen molar-refractivity contribution < 1.29 is 4.39 Å². The molecule has 0 saturated carbocycles. The minimum Gasteiger partial charge on any atom is -0.324 e. The lowest BCUT2D eigenvalue weighted by Gasteiger charge is -2.01. The third kappa shape index (κ3) is 1.56. The van der Waals surface area contributed by atoms with Gasteiger partial charge in [0.1, 0.15) is 11.3 Å². The second-order valence-corrected chi connectivity index (χ2v) is 4.46. The molecule has 4 nitrogen and oxygen atoms in total. The minimum atomic E-state index is -0.520. The maximum absolute atomic E-state index is 13.7. The highest BCUT2D eigenvalue weighted by Crippen LogP contribution is 2.26. The second-order valence-electron chi connectivity index (χ2n) is 4.46. The van der Waals surface area contributed by atoms with Crippen molar-refractivity contribution in [2.75, 3.05) is 0 Å². The first-order valence-electron chi connectivity index (χ1n) is 6.17. The van der Waals surface area contributed by atoms with Gasteiger partial charge in [-0.05, 0) is 36.4 Å². The zero-order valence-electron chi connectivity index (χ0n) is 10.3. The van der Waals surface area contributed by atoms with Crippen molar-refractivity contribution >= 4 is 22.1 Å². The Kier molecular flexibility index (Phi) is 2.26. The molecule has 0 aromatic carbocycles. The number of halogens is 1. The standard InChI is InChI=1S/C15H9FN4/c16-13-11(4-2-7-17-13)12-6-5-10-9-3-1-8-18-14(9)20-15(10)19-12/h1-8H,(H,18,19,20). The van der Waals surface area contributed by atoms with Gasteiger partial charge in [-0.1, -0.05) is 0 Å². The number of H-pyrrole nitrogens is 1. The molecule has 0 saturated heterocycles. The molecule has 4 aromatic heterocycles. The fraction of sp³-hybridized carbons (Fsp3) is 0. The summed E-state index contributed by atoms with van der Waals surface area (Å²) in [5.74, 6) is -0.520. The Labute approximate surface area is 113 Å². The smallest absolute Gasteiger partial charge is 0.222 e. The molecule has 0 aliphatic heterocycles. The van der Waals surface area contributed by atoms with Gasteiger partial charge in [0, 0.05) is 23.2 Å². The summed E-state index contributed by atoms with van der Waals surface area (Å²) in [5.41, 5.74) is 2.41. The van der Waals surface area contributed by atoms with E-state index < -0.39 is 5.95 Å². The SMILES string of the molecule is Fc1ncccc1-c1ccc2c(n1)[nH]c1ncccc12. The van der Waals surface area contributed by atoms with Crippen molar-refractivity contribution in [3.8, 4) is 11.3 Å². The lowest BCUT2D eigenvalue weighted by molar-refractivity contribution is 0.587. The average Bonchev–Trinajstić information content (AvgIpc) is 2.85. The fourth-order valence-electron chi connectivity index (χ4n) is 2.33. The lowest BCUT2D eigenvalue weighted by atomic mass is 10.1. The van der Waals surface area contributed by atoms with Gasteiger partial charge >= 0.3 is 0 Å². The van der Waals surface area contributed by atoms with Crippen LogP contribution in [-0.2, 0) is 0 Å². The second kappa shape index (κ2) is 4.09. The Morgan fingerprint density at radius 1 is 0.850 bits per heavy atom. The van der Waals surface area contributed by atoms with Crippen LogP contribution >= 0.6 is 0 Å². The number of hydrogen-bond acceptors (Lipinski definition) is 3. The van der Waals surface area contributed by atoms with Crippen LogP contribution in [0.25, 0.3) is 33.3 Å². The number of pyridine rings is 3. The number of hydrogen-bond donors (Lipinski definition) is 1. The Balaban J connectivity index is 2.00. The third-order valence-electron chi connectivity index (χ3n) is 3.26. The van der Waals surface area contributed by atoms with Crippen LogP contribution in [0.4, 0.5) is 4.39 Å². The molecule has 0 atom stereocenters. The topological polar surface area (TPSA) is 54.5 Å². The molecule has 4 aromatic rings. The molecule has 0 amide bonds. The Hall–Kier alpha value is -2.82. The maximum atomic E-state index is 13.7. The summed E-state index contributed by atoms with van der Waals surface area (Å²) < 4.78 is 13.7. The van der Waals surface area contributed by atoms with E-state index in [4.69, 9.17) is 0 Å². The summed E-state index contributed by atoms with van der Waals surface area (Å²) in [6, 6.07) is 10.9. The fourth-order valence-corrected chi connectivity index (χ4v) is 2.33. The van der Waals surface area contributed by atoms with E-state index in [0.717, 1.165) is 16.4 Å². The first-order chi connectivity index (χ1) is 9.83. The van der Waals surface area contributed by atoms with Crippen LogP contribution in [0, 0.1) is 5.95 Å². The van der Waals surface area contributed by atoms with Crippen LogP contribution in [0.5, 0.6) is 0 Å². The van der Waals surface area contributed by atoms with Crippen molar-refractivity contribution in [1.29, 1.82) is 0 Å². The van der Waals surface area contributed by atoms with Crippen molar-refractivity contribution in [2.45, 2.75) is 0 Å². The highest BCUT2D eigenvalue weighted by Gasteiger charge is 2.10. The Bertz CT molecular complexity index is 929. The highest BCUT2D eigenvalue weighted by atomic mass is 19.1. The molecule has 96 valence electrons. The quantitative estimate of drug-likeness (QED) is 0.536. The lowest BCUT2D eigenvalue weighted by Crippen LogP contribution is -1.90. The number of rotatable bonds is 1. The van der Waals surface area contributed by atoms with E-state index in [2.05, 4.69) is 19.9 Å². The van der Waals surface area contributed by atoms with Gasteiger partial charge in [-0.2, -0.15) is 4.39 Å². The molecular formula is C15H9FN4. The molecule has 0 radical (unpaired) electrons. The van der Waals surface area contributed by atoms with E-state index >= 15 is 0 Å². The van der Waals surface area contributed by atoms with Gasteiger partial charge in [0.2, 0.25) is 5.95 Å². The molecule has 4 rings (SSSR count). The van der Waals surface area contributed by atoms with Crippen LogP contribution in [0.1, 0.15) is 0 Å². The van der Waals surface area contributed by atoms with Crippen LogP contribution in [-0.4, -0.2) is 19.9 Å². The van der Waals surface area contributed by atoms with Gasteiger partial charge in [0.25, 0.3) is 0 Å². The van der Waals surface area contributed by atoms with Crippen LogP contribution in [0.3, 0.4) is 0 Å². The normalized spacial score (nSPS) is 11.2. The largest absolute Gasteiger partial charge is 0.324 e. The summed E-state index contributed by atoms with van der Waals surface area (Å²) in [4.78, 5) is 15.5. The number of fused-ring (bicyclic) bond motifs is 3. The van der Waals surface area contributed by atoms with Gasteiger partial charge in [-0.15, -0.1) is 0 Å². The zero-order valence-corrected chi connectivity index (χ0v) is 10.3. The van der Waals surface area contributed by atoms with E-state index in [1.807, 2.05) is 18.2 Å². The van der Waals surface area contributed by atoms with E-state index in [1.165, 1.54) is 6.20 Å². The van der Waals surface area contributed by atoms with E-state index in [-0.39, 0.29) is 0 Å². The van der Waals surface area contributed by atoms with Crippen molar-refractivity contribution in [2.24, 2.45) is 0 Å². The van der Waals surface area contributed by atoms with E-state index in [0.29, 0.717) is 16.9 Å². The number of nitrogens with zero attached hydrogens (tertiary/aromatic N) is 3. The van der Waals surface area contributed by atoms with Gasteiger partial charge < -0.3 is 4.98 Å². The van der Waals surface area contributed by atoms with Crippen LogP contribution in [0.2, 0.25) is 0 Å². The molecule has 0 fully saturated rings. The number of aromatic amines is 1. The predicted octanol–water partition coefficient (Wildman–Crippen LogP) is 3.31. The van der Waals surface area contributed by atoms with Crippen LogP contribution in [0.15, 0.2) is 48.8 Å². The molecule has 1 N–H and O–H groups in total. The molecule has 0 aliphatic carbocycles. The van der Waals surface area contributed by atoms with Gasteiger partial charge in [-0.3, -0.25) is 0 Å². The third-order valence-corrected chi connectivity index (χ3v) is 3.26. The maximum Gasteiger partial charge on any atom is 0.222 e. The summed E-state index contributed by atoms with van der Waals surface area (Å²) in [7, 11) is 0. The van der Waals surface area contributed by atoms with Gasteiger partial charge in [-0.25, -0.2) is 15.0 Å². The predicted molar refractivity (Wildman–Crippen MR) is 74.6 cm³/mol. The number of nitrogens with one attached hydrogen (secondary N) is 1. The molecule has 5 heteroatoms. The molecule has 0 spiro atoms. The zero-order chi connectivity index (χ0) is 13.5. The van der Waals surface area contributed by atoms with E-state index in [1.54, 1.807) is 24.4 Å². The van der Waals surface area contributed by atoms with Crippen molar-refractivity contribution in [3.63, 3.8) is 0 Å². The molecule has 0 bridgehead atoms. The van der Waals surface area contributed by atoms with E-state index in [9.17, 15) is 4.39 Å². The Morgan fingerprint density at radius 2 is 1.65 bits per heavy atom. The first-order valence-corrected chi connectivity index (χ1v) is 6.17. The minimum absolute atomic E-state index is 0.390. The summed E-state index contributed by atoms with van der Waals surface area (Å²) >= 11 is 0. The summed E-state index contributed by atoms with van der Waals surface area (Å²) in [5, 5.41) is 1.98.